The molecule has 0 saturated carbocycles. The molecule has 1 aliphatic carbocycles. The van der Waals surface area contributed by atoms with Crippen molar-refractivity contribution in [2.45, 2.75) is 19.3 Å². The van der Waals surface area contributed by atoms with E-state index in [1.165, 1.54) is 0 Å². The number of ketones is 1. The average molecular weight is 205 g/mol. The Balaban J connectivity index is 2.33. The van der Waals surface area contributed by atoms with Crippen LogP contribution in [0.15, 0.2) is 18.2 Å². The second-order valence-electron chi connectivity index (χ2n) is 3.52. The summed E-state index contributed by atoms with van der Waals surface area (Å²) in [4.78, 5) is 22.0. The van der Waals surface area contributed by atoms with E-state index in [0.29, 0.717) is 12.2 Å². The van der Waals surface area contributed by atoms with Gasteiger partial charge in [0.25, 0.3) is 0 Å². The van der Waals surface area contributed by atoms with Gasteiger partial charge in [-0.15, -0.1) is 0 Å². The van der Waals surface area contributed by atoms with Crippen LogP contribution in [0.2, 0.25) is 0 Å². The zero-order chi connectivity index (χ0) is 10.8. The fourth-order valence-corrected chi connectivity index (χ4v) is 1.80. The first-order valence-electron chi connectivity index (χ1n) is 4.80. The number of amides is 1. The van der Waals surface area contributed by atoms with E-state index < -0.39 is 6.09 Å². The SMILES string of the molecule is NC(=O)Oc1ccc2c(c1)CCCC2=O. The molecule has 1 amide bonds. The number of hydrogen-bond donors (Lipinski definition) is 1. The molecule has 1 aliphatic rings. The van der Waals surface area contributed by atoms with Gasteiger partial charge < -0.3 is 10.5 Å². The van der Waals surface area contributed by atoms with Crippen LogP contribution in [-0.4, -0.2) is 11.9 Å². The van der Waals surface area contributed by atoms with Gasteiger partial charge >= 0.3 is 6.09 Å². The number of aryl methyl sites for hydroxylation is 1. The number of carbonyl (C=O) groups is 2. The maximum Gasteiger partial charge on any atom is 0.409 e. The summed E-state index contributed by atoms with van der Waals surface area (Å²) >= 11 is 0. The molecule has 0 saturated heterocycles. The van der Waals surface area contributed by atoms with E-state index in [0.717, 1.165) is 24.0 Å². The number of ether oxygens (including phenoxy) is 1. The van der Waals surface area contributed by atoms with Crippen molar-refractivity contribution in [2.24, 2.45) is 5.73 Å². The van der Waals surface area contributed by atoms with E-state index in [1.54, 1.807) is 18.2 Å². The van der Waals surface area contributed by atoms with Crippen LogP contribution in [0.25, 0.3) is 0 Å². The third kappa shape index (κ3) is 1.98. The van der Waals surface area contributed by atoms with Crippen LogP contribution >= 0.6 is 0 Å². The van der Waals surface area contributed by atoms with Crippen molar-refractivity contribution in [3.8, 4) is 5.75 Å². The largest absolute Gasteiger partial charge is 0.410 e. The zero-order valence-corrected chi connectivity index (χ0v) is 8.16. The van der Waals surface area contributed by atoms with Crippen molar-refractivity contribution in [3.63, 3.8) is 0 Å². The zero-order valence-electron chi connectivity index (χ0n) is 8.16. The van der Waals surface area contributed by atoms with E-state index in [1.807, 2.05) is 0 Å². The Labute approximate surface area is 87.0 Å². The molecule has 0 bridgehead atoms. The number of hydrogen-bond acceptors (Lipinski definition) is 3. The number of benzene rings is 1. The number of rotatable bonds is 1. The molecule has 2 N–H and O–H groups in total. The molecule has 0 unspecified atom stereocenters. The molecule has 0 atom stereocenters. The predicted octanol–water partition coefficient (Wildman–Crippen LogP) is 1.66. The lowest BCUT2D eigenvalue weighted by molar-refractivity contribution is 0.0972. The molecular weight excluding hydrogens is 194 g/mol. The summed E-state index contributed by atoms with van der Waals surface area (Å²) in [6, 6.07) is 4.99. The van der Waals surface area contributed by atoms with Crippen LogP contribution in [0, 0.1) is 0 Å². The second kappa shape index (κ2) is 3.73. The second-order valence-corrected chi connectivity index (χ2v) is 3.52. The van der Waals surface area contributed by atoms with Crippen molar-refractivity contribution in [3.05, 3.63) is 29.3 Å². The summed E-state index contributed by atoms with van der Waals surface area (Å²) in [7, 11) is 0. The van der Waals surface area contributed by atoms with Crippen molar-refractivity contribution < 1.29 is 14.3 Å². The number of fused-ring (bicyclic) bond motifs is 1. The van der Waals surface area contributed by atoms with Gasteiger partial charge in [0, 0.05) is 12.0 Å². The van der Waals surface area contributed by atoms with Crippen LogP contribution in [-0.2, 0) is 6.42 Å². The molecule has 4 nitrogen and oxygen atoms in total. The summed E-state index contributed by atoms with van der Waals surface area (Å²) in [5.74, 6) is 0.554. The quantitative estimate of drug-likeness (QED) is 0.758. The van der Waals surface area contributed by atoms with E-state index in [9.17, 15) is 9.59 Å². The minimum Gasteiger partial charge on any atom is -0.410 e. The Bertz CT molecular complexity index is 426. The molecule has 0 aromatic heterocycles. The van der Waals surface area contributed by atoms with Crippen LogP contribution in [0.1, 0.15) is 28.8 Å². The Kier molecular flexibility index (Phi) is 2.41. The summed E-state index contributed by atoms with van der Waals surface area (Å²) in [5.41, 5.74) is 6.57. The number of nitrogens with two attached hydrogens (primary N) is 1. The van der Waals surface area contributed by atoms with E-state index >= 15 is 0 Å². The topological polar surface area (TPSA) is 69.4 Å². The van der Waals surface area contributed by atoms with E-state index in [4.69, 9.17) is 10.5 Å². The van der Waals surface area contributed by atoms with Gasteiger partial charge in [0.15, 0.2) is 5.78 Å². The van der Waals surface area contributed by atoms with Crippen molar-refractivity contribution >= 4 is 11.9 Å². The molecular formula is C11H11NO3. The maximum absolute atomic E-state index is 11.5. The maximum atomic E-state index is 11.5. The summed E-state index contributed by atoms with van der Waals surface area (Å²) in [6.07, 6.45) is 1.46. The van der Waals surface area contributed by atoms with Crippen molar-refractivity contribution in [1.29, 1.82) is 0 Å². The molecule has 0 aliphatic heterocycles. The van der Waals surface area contributed by atoms with Crippen LogP contribution < -0.4 is 10.5 Å². The van der Waals surface area contributed by atoms with Gasteiger partial charge in [-0.25, -0.2) is 4.79 Å². The standard InChI is InChI=1S/C11H11NO3/c12-11(14)15-8-4-5-9-7(6-8)2-1-3-10(9)13/h4-6H,1-3H2,(H2,12,14). The van der Waals surface area contributed by atoms with Crippen LogP contribution in [0.4, 0.5) is 4.79 Å². The van der Waals surface area contributed by atoms with E-state index in [2.05, 4.69) is 0 Å². The first-order chi connectivity index (χ1) is 7.16. The molecule has 4 heteroatoms. The molecule has 0 fully saturated rings. The fraction of sp³-hybridized carbons (Fsp3) is 0.273. The normalized spacial score (nSPS) is 14.5. The van der Waals surface area contributed by atoms with Crippen LogP contribution in [0.5, 0.6) is 5.75 Å². The van der Waals surface area contributed by atoms with Gasteiger partial charge in [-0.3, -0.25) is 4.79 Å². The lowest BCUT2D eigenvalue weighted by Gasteiger charge is -2.14. The minimum atomic E-state index is -0.836. The number of carbonyl (C=O) groups excluding carboxylic acids is 2. The van der Waals surface area contributed by atoms with Gasteiger partial charge in [-0.1, -0.05) is 0 Å². The lowest BCUT2D eigenvalue weighted by Crippen LogP contribution is -2.17. The highest BCUT2D eigenvalue weighted by Crippen LogP contribution is 2.25. The van der Waals surface area contributed by atoms with Gasteiger partial charge in [-0.05, 0) is 36.6 Å². The molecule has 0 radical (unpaired) electrons. The van der Waals surface area contributed by atoms with Crippen LogP contribution in [0.3, 0.4) is 0 Å². The molecule has 15 heavy (non-hydrogen) atoms. The van der Waals surface area contributed by atoms with Gasteiger partial charge in [0.1, 0.15) is 5.75 Å². The third-order valence-corrected chi connectivity index (χ3v) is 2.45. The summed E-state index contributed by atoms with van der Waals surface area (Å²) < 4.78 is 4.74. The Morgan fingerprint density at radius 2 is 2.13 bits per heavy atom. The monoisotopic (exact) mass is 205 g/mol. The minimum absolute atomic E-state index is 0.155. The molecule has 0 heterocycles. The molecule has 2 rings (SSSR count). The Morgan fingerprint density at radius 3 is 2.87 bits per heavy atom. The Morgan fingerprint density at radius 1 is 1.33 bits per heavy atom. The molecule has 1 aromatic rings. The highest BCUT2D eigenvalue weighted by atomic mass is 16.5. The first-order valence-corrected chi connectivity index (χ1v) is 4.80. The lowest BCUT2D eigenvalue weighted by atomic mass is 9.91. The van der Waals surface area contributed by atoms with E-state index in [-0.39, 0.29) is 5.78 Å². The highest BCUT2D eigenvalue weighted by molar-refractivity contribution is 5.98. The van der Waals surface area contributed by atoms with Gasteiger partial charge in [0.05, 0.1) is 0 Å². The first kappa shape index (κ1) is 9.71. The third-order valence-electron chi connectivity index (χ3n) is 2.45. The van der Waals surface area contributed by atoms with Crippen molar-refractivity contribution in [2.75, 3.05) is 0 Å². The van der Waals surface area contributed by atoms with Crippen molar-refractivity contribution in [1.82, 2.24) is 0 Å². The highest BCUT2D eigenvalue weighted by Gasteiger charge is 2.17. The Hall–Kier alpha value is -1.84. The molecule has 0 spiro atoms. The summed E-state index contributed by atoms with van der Waals surface area (Å²) in [6.45, 7) is 0. The number of primary amides is 1. The summed E-state index contributed by atoms with van der Waals surface area (Å²) in [5, 5.41) is 0. The smallest absolute Gasteiger partial charge is 0.409 e. The average Bonchev–Trinajstić information content (AvgIpc) is 2.17. The molecule has 78 valence electrons. The van der Waals surface area contributed by atoms with Gasteiger partial charge in [0.2, 0.25) is 0 Å². The number of Topliss-reactive ketones (excluding diaryl/α,β-unsaturated/α-hetero) is 1. The fourth-order valence-electron chi connectivity index (χ4n) is 1.80. The van der Waals surface area contributed by atoms with Gasteiger partial charge in [-0.2, -0.15) is 0 Å². The predicted molar refractivity (Wildman–Crippen MR) is 53.9 cm³/mol. The molecule has 1 aromatic carbocycles.